The number of hydrogen-bond donors (Lipinski definition) is 0. The first-order valence-electron chi connectivity index (χ1n) is 7.99. The fraction of sp³-hybridized carbons (Fsp3) is 0.350. The number of methoxy groups -OCH3 is 4. The maximum atomic E-state index is 12.3. The Hall–Kier alpha value is -2.69. The Morgan fingerprint density at radius 1 is 0.840 bits per heavy atom. The van der Waals surface area contributed by atoms with Gasteiger partial charge in [0, 0.05) is 11.5 Å². The van der Waals surface area contributed by atoms with Crippen molar-refractivity contribution < 1.29 is 23.7 Å². The van der Waals surface area contributed by atoms with Crippen LogP contribution in [0.4, 0.5) is 0 Å². The molecule has 0 radical (unpaired) electrons. The van der Waals surface area contributed by atoms with Gasteiger partial charge in [0.15, 0.2) is 0 Å². The minimum atomic E-state index is -0.403. The molecule has 0 saturated carbocycles. The molecule has 0 heterocycles. The number of benzene rings is 2. The van der Waals surface area contributed by atoms with Crippen molar-refractivity contribution in [2.45, 2.75) is 12.8 Å². The van der Waals surface area contributed by atoms with Gasteiger partial charge >= 0.3 is 5.97 Å². The van der Waals surface area contributed by atoms with Crippen LogP contribution in [0.2, 0.25) is 0 Å². The van der Waals surface area contributed by atoms with Crippen LogP contribution in [-0.2, 0) is 9.53 Å². The second-order valence-electron chi connectivity index (χ2n) is 5.67. The quantitative estimate of drug-likeness (QED) is 0.718. The summed E-state index contributed by atoms with van der Waals surface area (Å²) in [5.41, 5.74) is 1.83. The van der Waals surface area contributed by atoms with Crippen LogP contribution in [0, 0.1) is 5.92 Å². The topological polar surface area (TPSA) is 54.0 Å². The Labute approximate surface area is 148 Å². The minimum Gasteiger partial charge on any atom is -0.497 e. The summed E-state index contributed by atoms with van der Waals surface area (Å²) >= 11 is 0. The van der Waals surface area contributed by atoms with E-state index in [1.807, 2.05) is 49.4 Å². The molecule has 2 rings (SSSR count). The van der Waals surface area contributed by atoms with Gasteiger partial charge in [0.05, 0.1) is 34.4 Å². The summed E-state index contributed by atoms with van der Waals surface area (Å²) in [5.74, 6) is 1.21. The Morgan fingerprint density at radius 3 is 1.96 bits per heavy atom. The Morgan fingerprint density at radius 2 is 1.44 bits per heavy atom. The second kappa shape index (κ2) is 8.42. The summed E-state index contributed by atoms with van der Waals surface area (Å²) in [6.45, 7) is 1.85. The van der Waals surface area contributed by atoms with Gasteiger partial charge in [0.2, 0.25) is 0 Å². The number of hydrogen-bond acceptors (Lipinski definition) is 5. The average Bonchev–Trinajstić information content (AvgIpc) is 2.67. The largest absolute Gasteiger partial charge is 0.497 e. The molecule has 0 bridgehead atoms. The molecule has 2 aromatic carbocycles. The summed E-state index contributed by atoms with van der Waals surface area (Å²) in [4.78, 5) is 12.3. The molecule has 5 nitrogen and oxygen atoms in total. The first-order valence-corrected chi connectivity index (χ1v) is 7.99. The van der Waals surface area contributed by atoms with Crippen LogP contribution in [0.5, 0.6) is 17.2 Å². The highest BCUT2D eigenvalue weighted by Crippen LogP contribution is 2.40. The van der Waals surface area contributed by atoms with E-state index in [1.165, 1.54) is 7.11 Å². The zero-order chi connectivity index (χ0) is 18.4. The van der Waals surface area contributed by atoms with Gasteiger partial charge in [-0.15, -0.1) is 0 Å². The zero-order valence-electron chi connectivity index (χ0n) is 15.2. The normalized spacial score (nSPS) is 12.8. The number of rotatable bonds is 7. The molecular weight excluding hydrogens is 320 g/mol. The van der Waals surface area contributed by atoms with E-state index in [-0.39, 0.29) is 11.9 Å². The number of carbonyl (C=O) groups excluding carboxylic acids is 1. The molecule has 2 atom stereocenters. The monoisotopic (exact) mass is 344 g/mol. The lowest BCUT2D eigenvalue weighted by Gasteiger charge is -2.25. The predicted molar refractivity (Wildman–Crippen MR) is 95.6 cm³/mol. The van der Waals surface area contributed by atoms with Crippen molar-refractivity contribution >= 4 is 5.97 Å². The maximum Gasteiger partial charge on any atom is 0.309 e. The average molecular weight is 344 g/mol. The van der Waals surface area contributed by atoms with E-state index in [9.17, 15) is 4.79 Å². The van der Waals surface area contributed by atoms with E-state index in [2.05, 4.69) is 0 Å². The van der Waals surface area contributed by atoms with Crippen LogP contribution in [0.1, 0.15) is 24.0 Å². The van der Waals surface area contributed by atoms with Crippen LogP contribution in [-0.4, -0.2) is 34.4 Å². The van der Waals surface area contributed by atoms with E-state index < -0.39 is 5.92 Å². The third-order valence-electron chi connectivity index (χ3n) is 4.32. The minimum absolute atomic E-state index is 0.247. The molecule has 0 unspecified atom stereocenters. The molecule has 5 heteroatoms. The van der Waals surface area contributed by atoms with Gasteiger partial charge in [-0.2, -0.15) is 0 Å². The van der Waals surface area contributed by atoms with Crippen LogP contribution < -0.4 is 14.2 Å². The molecule has 0 aliphatic heterocycles. The summed E-state index contributed by atoms with van der Waals surface area (Å²) in [5, 5.41) is 0. The van der Waals surface area contributed by atoms with Crippen molar-refractivity contribution in [3.05, 3.63) is 53.6 Å². The molecule has 0 aromatic heterocycles. The van der Waals surface area contributed by atoms with Crippen LogP contribution in [0.3, 0.4) is 0 Å². The van der Waals surface area contributed by atoms with Gasteiger partial charge in [-0.3, -0.25) is 4.79 Å². The van der Waals surface area contributed by atoms with Crippen LogP contribution in [0.25, 0.3) is 0 Å². The van der Waals surface area contributed by atoms with Crippen molar-refractivity contribution in [3.63, 3.8) is 0 Å². The molecule has 0 saturated heterocycles. The van der Waals surface area contributed by atoms with Gasteiger partial charge < -0.3 is 18.9 Å². The highest BCUT2D eigenvalue weighted by atomic mass is 16.5. The first-order chi connectivity index (χ1) is 12.0. The highest BCUT2D eigenvalue weighted by molar-refractivity contribution is 5.74. The summed E-state index contributed by atoms with van der Waals surface area (Å²) < 4.78 is 21.1. The lowest BCUT2D eigenvalue weighted by molar-refractivity contribution is -0.145. The Balaban J connectivity index is 2.59. The lowest BCUT2D eigenvalue weighted by Crippen LogP contribution is -2.22. The summed E-state index contributed by atoms with van der Waals surface area (Å²) in [6.07, 6.45) is 0. The molecule has 0 aliphatic rings. The van der Waals surface area contributed by atoms with Gasteiger partial charge in [-0.05, 0) is 35.9 Å². The highest BCUT2D eigenvalue weighted by Gasteiger charge is 2.30. The molecule has 0 aliphatic carbocycles. The Bertz CT molecular complexity index is 709. The Kier molecular flexibility index (Phi) is 6.28. The molecule has 25 heavy (non-hydrogen) atoms. The molecule has 0 spiro atoms. The first kappa shape index (κ1) is 18.6. The van der Waals surface area contributed by atoms with Crippen molar-refractivity contribution in [1.29, 1.82) is 0 Å². The number of ether oxygens (including phenoxy) is 4. The van der Waals surface area contributed by atoms with E-state index in [0.29, 0.717) is 11.5 Å². The number of esters is 1. The van der Waals surface area contributed by atoms with Crippen LogP contribution in [0.15, 0.2) is 42.5 Å². The number of carbonyl (C=O) groups is 1. The van der Waals surface area contributed by atoms with Crippen molar-refractivity contribution in [3.8, 4) is 17.2 Å². The lowest BCUT2D eigenvalue weighted by atomic mass is 9.81. The molecule has 0 N–H and O–H groups in total. The van der Waals surface area contributed by atoms with Crippen LogP contribution >= 0.6 is 0 Å². The van der Waals surface area contributed by atoms with E-state index in [0.717, 1.165) is 16.9 Å². The van der Waals surface area contributed by atoms with Gasteiger partial charge in [-0.25, -0.2) is 0 Å². The predicted octanol–water partition coefficient (Wildman–Crippen LogP) is 3.65. The van der Waals surface area contributed by atoms with E-state index >= 15 is 0 Å². The molecule has 0 fully saturated rings. The fourth-order valence-electron chi connectivity index (χ4n) is 2.95. The zero-order valence-corrected chi connectivity index (χ0v) is 15.2. The van der Waals surface area contributed by atoms with Gasteiger partial charge in [0.1, 0.15) is 17.2 Å². The third kappa shape index (κ3) is 4.05. The van der Waals surface area contributed by atoms with Crippen molar-refractivity contribution in [2.24, 2.45) is 5.92 Å². The molecule has 2 aromatic rings. The summed E-state index contributed by atoms with van der Waals surface area (Å²) in [7, 11) is 6.23. The fourth-order valence-corrected chi connectivity index (χ4v) is 2.95. The maximum absolute atomic E-state index is 12.3. The van der Waals surface area contributed by atoms with E-state index in [1.54, 1.807) is 21.3 Å². The second-order valence-corrected chi connectivity index (χ2v) is 5.67. The van der Waals surface area contributed by atoms with Gasteiger partial charge in [0.25, 0.3) is 0 Å². The third-order valence-corrected chi connectivity index (χ3v) is 4.32. The molecule has 134 valence electrons. The smallest absolute Gasteiger partial charge is 0.309 e. The molecular formula is C20H24O5. The molecule has 0 amide bonds. The summed E-state index contributed by atoms with van der Waals surface area (Å²) in [6, 6.07) is 13.2. The van der Waals surface area contributed by atoms with E-state index in [4.69, 9.17) is 18.9 Å². The van der Waals surface area contributed by atoms with Crippen molar-refractivity contribution in [2.75, 3.05) is 28.4 Å². The SMILES string of the molecule is COC(=O)[C@H](C)[C@@H](c1ccc(OC)cc1)c1cc(OC)ccc1OC. The van der Waals surface area contributed by atoms with Crippen molar-refractivity contribution in [1.82, 2.24) is 0 Å². The standard InChI is InChI=1S/C20H24O5/c1-13(20(21)25-5)19(14-6-8-15(22-2)9-7-14)17-12-16(23-3)10-11-18(17)24-4/h6-13,19H,1-5H3/t13-,19+/m1/s1. The van der Waals surface area contributed by atoms with Gasteiger partial charge in [-0.1, -0.05) is 19.1 Å².